The monoisotopic (exact) mass is 512 g/mol. The van der Waals surface area contributed by atoms with E-state index < -0.39 is 0 Å². The first-order valence-electron chi connectivity index (χ1n) is 13.0. The van der Waals surface area contributed by atoms with Gasteiger partial charge < -0.3 is 9.80 Å². The number of nitrogens with zero attached hydrogens (tertiary/aromatic N) is 2. The van der Waals surface area contributed by atoms with E-state index in [1.807, 2.05) is 0 Å². The lowest BCUT2D eigenvalue weighted by molar-refractivity contribution is 1.11. The largest absolute Gasteiger partial charge is 0.337 e. The molecular weight excluding hydrogens is 474 g/mol. The lowest BCUT2D eigenvalue weighted by Gasteiger charge is -2.35. The molecule has 0 atom stereocenters. The zero-order valence-corrected chi connectivity index (χ0v) is 23.4. The molecule has 0 bridgehead atoms. The van der Waals surface area contributed by atoms with Crippen LogP contribution in [0.2, 0.25) is 0 Å². The maximum atomic E-state index is 2.54. The summed E-state index contributed by atoms with van der Waals surface area (Å²) in [5.74, 6) is 0. The molecule has 0 unspecified atom stereocenters. The van der Waals surface area contributed by atoms with Crippen molar-refractivity contribution in [1.82, 2.24) is 0 Å². The molecule has 0 radical (unpaired) electrons. The lowest BCUT2D eigenvalue weighted by atomic mass is 10.2. The minimum absolute atomic E-state index is 0.123. The average Bonchev–Trinajstić information content (AvgIpc) is 2.96. The minimum atomic E-state index is -0.310. The Bertz CT molecular complexity index is 956. The average molecular weight is 513 g/mol. The topological polar surface area (TPSA) is 6.48 Å². The first kappa shape index (κ1) is 26.4. The number of para-hydroxylation sites is 4. The molecule has 0 aliphatic rings. The van der Waals surface area contributed by atoms with Crippen molar-refractivity contribution < 1.29 is 0 Å². The van der Waals surface area contributed by atoms with E-state index in [1.165, 1.54) is 47.4 Å². The molecule has 0 saturated carbocycles. The molecule has 36 heavy (non-hydrogen) atoms. The Labute approximate surface area is 220 Å². The summed E-state index contributed by atoms with van der Waals surface area (Å²) in [4.78, 5) is 5.08. The molecule has 4 aromatic rings. The summed E-state index contributed by atoms with van der Waals surface area (Å²) in [6.45, 7) is 4.75. The maximum Gasteiger partial charge on any atom is 0.0445 e. The van der Waals surface area contributed by atoms with Crippen molar-refractivity contribution in [3.8, 4) is 0 Å². The Morgan fingerprint density at radius 1 is 0.417 bits per heavy atom. The van der Waals surface area contributed by atoms with Crippen molar-refractivity contribution in [1.29, 1.82) is 0 Å². The highest BCUT2D eigenvalue weighted by atomic mass is 31.1. The van der Waals surface area contributed by atoms with Gasteiger partial charge in [0, 0.05) is 35.3 Å². The lowest BCUT2D eigenvalue weighted by Crippen LogP contribution is -2.25. The molecule has 0 N–H and O–H groups in total. The van der Waals surface area contributed by atoms with Gasteiger partial charge in [0.05, 0.1) is 0 Å². The third-order valence-corrected chi connectivity index (χ3v) is 11.8. The third-order valence-electron chi connectivity index (χ3n) is 6.58. The Hall–Kier alpha value is -2.66. The second kappa shape index (κ2) is 14.2. The van der Waals surface area contributed by atoms with Crippen LogP contribution in [0.25, 0.3) is 0 Å². The third kappa shape index (κ3) is 7.42. The quantitative estimate of drug-likeness (QED) is 0.165. The summed E-state index contributed by atoms with van der Waals surface area (Å²) in [5, 5.41) is 0. The molecule has 0 heterocycles. The number of benzene rings is 4. The van der Waals surface area contributed by atoms with E-state index in [0.717, 1.165) is 12.6 Å². The Kier molecular flexibility index (Phi) is 10.4. The number of rotatable bonds is 13. The number of hydrogen-bond acceptors (Lipinski definition) is 2. The van der Waals surface area contributed by atoms with Crippen molar-refractivity contribution in [2.24, 2.45) is 0 Å². The predicted octanol–water partition coefficient (Wildman–Crippen LogP) is 9.58. The highest BCUT2D eigenvalue weighted by Gasteiger charge is 2.21. The molecule has 0 fully saturated rings. The molecule has 186 valence electrons. The van der Waals surface area contributed by atoms with E-state index in [0.29, 0.717) is 0 Å². The van der Waals surface area contributed by atoms with Crippen LogP contribution in [0, 0.1) is 0 Å². The van der Waals surface area contributed by atoms with Crippen molar-refractivity contribution >= 4 is 38.6 Å². The first-order chi connectivity index (χ1) is 17.8. The van der Waals surface area contributed by atoms with Gasteiger partial charge in [-0.25, -0.2) is 0 Å². The standard InChI is InChI=1S/C32H38N2P2/c1-3-35(4-2)25-26-36(27-33(29-17-9-5-10-18-29)30-19-11-6-12-20-30)28-34(31-21-13-7-14-22-31)32-23-15-8-16-24-32/h5-24H,3-4,25-28H2,1-2H3. The van der Waals surface area contributed by atoms with E-state index in [2.05, 4.69) is 145 Å². The number of hydrogen-bond donors (Lipinski definition) is 0. The van der Waals surface area contributed by atoms with Gasteiger partial charge in [-0.1, -0.05) is 94.6 Å². The van der Waals surface area contributed by atoms with Crippen molar-refractivity contribution in [2.75, 3.05) is 47.0 Å². The summed E-state index contributed by atoms with van der Waals surface area (Å²) in [5.41, 5.74) is 5.09. The maximum absolute atomic E-state index is 2.54. The van der Waals surface area contributed by atoms with Crippen molar-refractivity contribution in [3.05, 3.63) is 121 Å². The van der Waals surface area contributed by atoms with Crippen LogP contribution in [0.4, 0.5) is 22.7 Å². The first-order valence-corrected chi connectivity index (χ1v) is 16.8. The zero-order chi connectivity index (χ0) is 25.0. The molecule has 0 amide bonds. The predicted molar refractivity (Wildman–Crippen MR) is 164 cm³/mol. The Morgan fingerprint density at radius 2 is 0.694 bits per heavy atom. The van der Waals surface area contributed by atoms with Crippen LogP contribution in [-0.2, 0) is 0 Å². The Balaban J connectivity index is 1.67. The van der Waals surface area contributed by atoms with Gasteiger partial charge in [-0.15, -0.1) is 7.92 Å². The Morgan fingerprint density at radius 3 is 0.972 bits per heavy atom. The normalized spacial score (nSPS) is 11.1. The molecule has 4 heteroatoms. The summed E-state index contributed by atoms with van der Waals surface area (Å²) in [6.07, 6.45) is 7.43. The van der Waals surface area contributed by atoms with Crippen molar-refractivity contribution in [2.45, 2.75) is 13.8 Å². The van der Waals surface area contributed by atoms with Crippen LogP contribution in [0.5, 0.6) is 0 Å². The fourth-order valence-corrected chi connectivity index (χ4v) is 9.63. The van der Waals surface area contributed by atoms with Crippen LogP contribution in [0.3, 0.4) is 0 Å². The molecule has 0 saturated heterocycles. The zero-order valence-electron chi connectivity index (χ0n) is 21.6. The van der Waals surface area contributed by atoms with E-state index in [1.54, 1.807) is 0 Å². The molecule has 0 aliphatic heterocycles. The van der Waals surface area contributed by atoms with Crippen LogP contribution < -0.4 is 9.80 Å². The van der Waals surface area contributed by atoms with E-state index in [9.17, 15) is 0 Å². The molecular formula is C32H38N2P2. The second-order valence-electron chi connectivity index (χ2n) is 8.90. The summed E-state index contributed by atoms with van der Waals surface area (Å²) >= 11 is 0. The van der Waals surface area contributed by atoms with Gasteiger partial charge >= 0.3 is 0 Å². The minimum Gasteiger partial charge on any atom is -0.337 e. The fraction of sp³-hybridized carbons (Fsp3) is 0.250. The van der Waals surface area contributed by atoms with Crippen molar-refractivity contribution in [3.63, 3.8) is 0 Å². The van der Waals surface area contributed by atoms with Crippen LogP contribution in [0.1, 0.15) is 13.8 Å². The molecule has 2 nitrogen and oxygen atoms in total. The molecule has 0 spiro atoms. The SMILES string of the molecule is CCP(CC)CCP(CN(c1ccccc1)c1ccccc1)CN(c1ccccc1)c1ccccc1. The molecule has 0 aliphatic carbocycles. The van der Waals surface area contributed by atoms with Gasteiger partial charge in [-0.2, -0.15) is 0 Å². The molecule has 4 rings (SSSR count). The number of anilines is 4. The van der Waals surface area contributed by atoms with Gasteiger partial charge in [-0.3, -0.25) is 0 Å². The smallest absolute Gasteiger partial charge is 0.0445 e. The second-order valence-corrected chi connectivity index (χ2v) is 14.3. The highest BCUT2D eigenvalue weighted by Crippen LogP contribution is 2.47. The summed E-state index contributed by atoms with van der Waals surface area (Å²) in [7, 11) is -0.186. The van der Waals surface area contributed by atoms with Gasteiger partial charge in [0.25, 0.3) is 0 Å². The van der Waals surface area contributed by atoms with E-state index in [-0.39, 0.29) is 15.8 Å². The highest BCUT2D eigenvalue weighted by molar-refractivity contribution is 7.61. The van der Waals surface area contributed by atoms with E-state index in [4.69, 9.17) is 0 Å². The van der Waals surface area contributed by atoms with Gasteiger partial charge in [0.15, 0.2) is 0 Å². The van der Waals surface area contributed by atoms with Gasteiger partial charge in [0.1, 0.15) is 0 Å². The van der Waals surface area contributed by atoms with Crippen LogP contribution in [0.15, 0.2) is 121 Å². The summed E-state index contributed by atoms with van der Waals surface area (Å²) in [6, 6.07) is 43.6. The van der Waals surface area contributed by atoms with Crippen LogP contribution >= 0.6 is 15.8 Å². The summed E-state index contributed by atoms with van der Waals surface area (Å²) < 4.78 is 0. The van der Waals surface area contributed by atoms with Crippen LogP contribution in [-0.4, -0.2) is 37.2 Å². The van der Waals surface area contributed by atoms with Gasteiger partial charge in [-0.05, 0) is 73.2 Å². The van der Waals surface area contributed by atoms with Gasteiger partial charge in [0.2, 0.25) is 0 Å². The van der Waals surface area contributed by atoms with E-state index >= 15 is 0 Å². The fourth-order valence-electron chi connectivity index (χ4n) is 4.47. The molecule has 4 aromatic carbocycles. The molecule has 0 aromatic heterocycles.